The highest BCUT2D eigenvalue weighted by atomic mass is 16.6. The molecule has 0 spiro atoms. The number of rotatable bonds is 7. The number of nitrogens with one attached hydrogen (secondary N) is 1. The molecule has 1 aromatic heterocycles. The average molecular weight is 291 g/mol. The minimum absolute atomic E-state index is 0.0810. The smallest absolute Gasteiger partial charge is 0.311 e. The lowest BCUT2D eigenvalue weighted by molar-refractivity contribution is -0.385. The van der Waals surface area contributed by atoms with Gasteiger partial charge < -0.3 is 14.5 Å². The Balaban J connectivity index is 2.40. The Morgan fingerprint density at radius 2 is 2.29 bits per heavy atom. The molecule has 0 aliphatic heterocycles. The standard InChI is InChI=1S/C14H17N3O4/c1-3-20-14-10(5-4-6-11(14)17(18)19)12-9-16-13(21-12)7-8-15-2/h4-6,9,15H,3,7-8H2,1-2H3. The summed E-state index contributed by atoms with van der Waals surface area (Å²) >= 11 is 0. The summed E-state index contributed by atoms with van der Waals surface area (Å²) in [5.41, 5.74) is 0.455. The van der Waals surface area contributed by atoms with E-state index in [1.807, 2.05) is 7.05 Å². The second-order valence-corrected chi connectivity index (χ2v) is 4.32. The summed E-state index contributed by atoms with van der Waals surface area (Å²) < 4.78 is 11.1. The van der Waals surface area contributed by atoms with Crippen molar-refractivity contribution in [3.63, 3.8) is 0 Å². The molecule has 0 bridgehead atoms. The van der Waals surface area contributed by atoms with Crippen molar-refractivity contribution < 1.29 is 14.1 Å². The number of aromatic nitrogens is 1. The fourth-order valence-corrected chi connectivity index (χ4v) is 1.94. The molecule has 0 radical (unpaired) electrons. The van der Waals surface area contributed by atoms with Gasteiger partial charge in [0.1, 0.15) is 0 Å². The van der Waals surface area contributed by atoms with Gasteiger partial charge in [-0.25, -0.2) is 4.98 Å². The molecule has 2 aromatic rings. The van der Waals surface area contributed by atoms with E-state index in [4.69, 9.17) is 9.15 Å². The van der Waals surface area contributed by atoms with Crippen molar-refractivity contribution in [1.29, 1.82) is 0 Å². The molecule has 1 N–H and O–H groups in total. The molecule has 0 saturated heterocycles. The normalized spacial score (nSPS) is 10.6. The van der Waals surface area contributed by atoms with E-state index in [1.54, 1.807) is 25.3 Å². The highest BCUT2D eigenvalue weighted by molar-refractivity contribution is 5.71. The molecule has 0 aliphatic rings. The van der Waals surface area contributed by atoms with Crippen molar-refractivity contribution in [3.8, 4) is 17.1 Å². The maximum absolute atomic E-state index is 11.1. The summed E-state index contributed by atoms with van der Waals surface area (Å²) in [4.78, 5) is 14.8. The van der Waals surface area contributed by atoms with E-state index < -0.39 is 4.92 Å². The molecule has 0 aliphatic carbocycles. The first-order valence-electron chi connectivity index (χ1n) is 6.67. The minimum Gasteiger partial charge on any atom is -0.487 e. The molecule has 0 unspecified atom stereocenters. The van der Waals surface area contributed by atoms with Crippen LogP contribution in [-0.4, -0.2) is 30.1 Å². The van der Waals surface area contributed by atoms with Crippen molar-refractivity contribution in [1.82, 2.24) is 10.3 Å². The summed E-state index contributed by atoms with van der Waals surface area (Å²) in [5.74, 6) is 1.25. The van der Waals surface area contributed by atoms with Crippen molar-refractivity contribution in [2.45, 2.75) is 13.3 Å². The van der Waals surface area contributed by atoms with Gasteiger partial charge in [0, 0.05) is 19.0 Å². The van der Waals surface area contributed by atoms with Gasteiger partial charge in [0.25, 0.3) is 0 Å². The number of hydrogen-bond acceptors (Lipinski definition) is 6. The van der Waals surface area contributed by atoms with Crippen LogP contribution >= 0.6 is 0 Å². The van der Waals surface area contributed by atoms with Gasteiger partial charge in [-0.3, -0.25) is 10.1 Å². The van der Waals surface area contributed by atoms with Crippen LogP contribution in [-0.2, 0) is 6.42 Å². The van der Waals surface area contributed by atoms with Crippen molar-refractivity contribution in [2.24, 2.45) is 0 Å². The molecule has 112 valence electrons. The lowest BCUT2D eigenvalue weighted by Crippen LogP contribution is -2.10. The number of ether oxygens (including phenoxy) is 1. The van der Waals surface area contributed by atoms with Gasteiger partial charge in [0.15, 0.2) is 11.7 Å². The Bertz CT molecular complexity index is 624. The summed E-state index contributed by atoms with van der Waals surface area (Å²) in [6.07, 6.45) is 2.21. The topological polar surface area (TPSA) is 90.4 Å². The van der Waals surface area contributed by atoms with Crippen molar-refractivity contribution in [2.75, 3.05) is 20.2 Å². The van der Waals surface area contributed by atoms with Crippen LogP contribution in [0.4, 0.5) is 5.69 Å². The van der Waals surface area contributed by atoms with Crippen LogP contribution in [0.15, 0.2) is 28.8 Å². The first kappa shape index (κ1) is 15.0. The van der Waals surface area contributed by atoms with Crippen molar-refractivity contribution in [3.05, 3.63) is 40.4 Å². The molecule has 0 fully saturated rings. The zero-order valence-corrected chi connectivity index (χ0v) is 12.0. The van der Waals surface area contributed by atoms with Crippen LogP contribution in [0.5, 0.6) is 5.75 Å². The third-order valence-corrected chi connectivity index (χ3v) is 2.89. The van der Waals surface area contributed by atoms with Crippen LogP contribution < -0.4 is 10.1 Å². The maximum Gasteiger partial charge on any atom is 0.311 e. The van der Waals surface area contributed by atoms with Gasteiger partial charge >= 0.3 is 5.69 Å². The highest BCUT2D eigenvalue weighted by Gasteiger charge is 2.21. The Morgan fingerprint density at radius 3 is 2.95 bits per heavy atom. The number of para-hydroxylation sites is 1. The summed E-state index contributed by atoms with van der Waals surface area (Å²) in [5, 5.41) is 14.1. The lowest BCUT2D eigenvalue weighted by Gasteiger charge is -2.08. The number of nitro groups is 1. The maximum atomic E-state index is 11.1. The number of nitro benzene ring substituents is 1. The second kappa shape index (κ2) is 6.85. The zero-order chi connectivity index (χ0) is 15.2. The molecular formula is C14H17N3O4. The van der Waals surface area contributed by atoms with Gasteiger partial charge in [-0.15, -0.1) is 0 Å². The summed E-state index contributed by atoms with van der Waals surface area (Å²) in [6.45, 7) is 2.85. The third kappa shape index (κ3) is 3.38. The van der Waals surface area contributed by atoms with E-state index >= 15 is 0 Å². The van der Waals surface area contributed by atoms with Crippen LogP contribution in [0.1, 0.15) is 12.8 Å². The fourth-order valence-electron chi connectivity index (χ4n) is 1.94. The molecular weight excluding hydrogens is 274 g/mol. The molecule has 0 amide bonds. The predicted molar refractivity (Wildman–Crippen MR) is 77.4 cm³/mol. The van der Waals surface area contributed by atoms with E-state index in [-0.39, 0.29) is 11.4 Å². The first-order valence-corrected chi connectivity index (χ1v) is 6.67. The number of benzene rings is 1. The Kier molecular flexibility index (Phi) is 4.89. The minimum atomic E-state index is -0.465. The first-order chi connectivity index (χ1) is 10.2. The van der Waals surface area contributed by atoms with Crippen LogP contribution in [0.25, 0.3) is 11.3 Å². The van der Waals surface area contributed by atoms with E-state index in [2.05, 4.69) is 10.3 Å². The van der Waals surface area contributed by atoms with Gasteiger partial charge in [-0.05, 0) is 20.0 Å². The van der Waals surface area contributed by atoms with Crippen molar-refractivity contribution >= 4 is 5.69 Å². The fraction of sp³-hybridized carbons (Fsp3) is 0.357. The van der Waals surface area contributed by atoms with Gasteiger partial charge in [0.05, 0.1) is 23.3 Å². The van der Waals surface area contributed by atoms with Gasteiger partial charge in [0.2, 0.25) is 5.75 Å². The van der Waals surface area contributed by atoms with Crippen LogP contribution in [0.3, 0.4) is 0 Å². The van der Waals surface area contributed by atoms with Gasteiger partial charge in [-0.2, -0.15) is 0 Å². The molecule has 1 heterocycles. The van der Waals surface area contributed by atoms with E-state index in [1.165, 1.54) is 6.07 Å². The van der Waals surface area contributed by atoms with E-state index in [9.17, 15) is 10.1 Å². The number of hydrogen-bond donors (Lipinski definition) is 1. The molecule has 2 rings (SSSR count). The molecule has 7 heteroatoms. The number of oxazole rings is 1. The zero-order valence-electron chi connectivity index (χ0n) is 12.0. The SMILES string of the molecule is CCOc1c(-c2cnc(CCNC)o2)cccc1[N+](=O)[O-]. The average Bonchev–Trinajstić information content (AvgIpc) is 2.94. The molecule has 0 atom stereocenters. The molecule has 1 aromatic carbocycles. The second-order valence-electron chi connectivity index (χ2n) is 4.32. The molecule has 21 heavy (non-hydrogen) atoms. The third-order valence-electron chi connectivity index (χ3n) is 2.89. The Hall–Kier alpha value is -2.41. The number of likely N-dealkylation sites (N-methyl/N-ethyl adjacent to an activating group) is 1. The quantitative estimate of drug-likeness (QED) is 0.622. The largest absolute Gasteiger partial charge is 0.487 e. The van der Waals surface area contributed by atoms with E-state index in [0.717, 1.165) is 6.54 Å². The van der Waals surface area contributed by atoms with Gasteiger partial charge in [-0.1, -0.05) is 6.07 Å². The summed E-state index contributed by atoms with van der Waals surface area (Å²) in [7, 11) is 1.84. The van der Waals surface area contributed by atoms with E-state index in [0.29, 0.717) is 30.2 Å². The highest BCUT2D eigenvalue weighted by Crippen LogP contribution is 2.38. The number of nitrogens with zero attached hydrogens (tertiary/aromatic N) is 2. The molecule has 7 nitrogen and oxygen atoms in total. The Labute approximate surface area is 122 Å². The predicted octanol–water partition coefficient (Wildman–Crippen LogP) is 2.41. The lowest BCUT2D eigenvalue weighted by atomic mass is 10.1. The van der Waals surface area contributed by atoms with Crippen LogP contribution in [0.2, 0.25) is 0 Å². The molecule has 0 saturated carbocycles. The Morgan fingerprint density at radius 1 is 1.48 bits per heavy atom. The summed E-state index contributed by atoms with van der Waals surface area (Å²) in [6, 6.07) is 4.74. The van der Waals surface area contributed by atoms with Crippen LogP contribution in [0, 0.1) is 10.1 Å². The monoisotopic (exact) mass is 291 g/mol.